The summed E-state index contributed by atoms with van der Waals surface area (Å²) < 4.78 is 5.83. The van der Waals surface area contributed by atoms with Gasteiger partial charge in [-0.1, -0.05) is 19.1 Å². The summed E-state index contributed by atoms with van der Waals surface area (Å²) >= 11 is 0. The van der Waals surface area contributed by atoms with Gasteiger partial charge in [0.15, 0.2) is 0 Å². The monoisotopic (exact) mass is 206 g/mol. The number of ether oxygens (including phenoxy) is 1. The number of hydrogen-bond donors (Lipinski definition) is 0. The Balaban J connectivity index is 1.74. The van der Waals surface area contributed by atoms with Crippen LogP contribution in [0, 0.1) is 17.8 Å². The highest BCUT2D eigenvalue weighted by Gasteiger charge is 2.53. The molecule has 1 aliphatic heterocycles. The third-order valence-electron chi connectivity index (χ3n) is 5.13. The molecule has 0 aromatic heterocycles. The first-order chi connectivity index (χ1) is 7.10. The lowest BCUT2D eigenvalue weighted by Gasteiger charge is -2.44. The molecule has 3 fully saturated rings. The molecule has 3 rings (SSSR count). The van der Waals surface area contributed by atoms with Crippen LogP contribution >= 0.6 is 0 Å². The predicted molar refractivity (Wildman–Crippen MR) is 61.6 cm³/mol. The number of epoxide rings is 1. The van der Waals surface area contributed by atoms with Gasteiger partial charge >= 0.3 is 0 Å². The first-order valence-electron chi connectivity index (χ1n) is 6.45. The Hall–Kier alpha value is -0.300. The van der Waals surface area contributed by atoms with E-state index >= 15 is 0 Å². The average Bonchev–Trinajstić information content (AvgIpc) is 2.81. The van der Waals surface area contributed by atoms with Crippen molar-refractivity contribution in [2.45, 2.75) is 57.7 Å². The molecule has 15 heavy (non-hydrogen) atoms. The minimum absolute atomic E-state index is 0.241. The van der Waals surface area contributed by atoms with E-state index in [9.17, 15) is 0 Å². The Morgan fingerprint density at radius 2 is 2.20 bits per heavy atom. The van der Waals surface area contributed by atoms with Crippen molar-refractivity contribution in [3.05, 3.63) is 12.2 Å². The molecule has 0 N–H and O–H groups in total. The van der Waals surface area contributed by atoms with Gasteiger partial charge in [-0.2, -0.15) is 0 Å². The number of fused-ring (bicyclic) bond motifs is 2. The lowest BCUT2D eigenvalue weighted by molar-refractivity contribution is 0.0923. The SMILES string of the molecule is C=C1CC[C@H]2O[C@]2(C)CC[C@H]2[C@H](C)C[C@H]12. The number of rotatable bonds is 0. The standard InChI is InChI=1S/C14H22O/c1-9-4-5-13-14(3,15-13)7-6-11-10(2)8-12(9)11/h10-13H,1,4-8H2,2-3H3/t10-,11+,12-,13-,14-/m1/s1. The number of hydrogen-bond acceptors (Lipinski definition) is 1. The van der Waals surface area contributed by atoms with Gasteiger partial charge in [-0.15, -0.1) is 0 Å². The molecule has 1 heteroatoms. The van der Waals surface area contributed by atoms with Crippen LogP contribution in [0.15, 0.2) is 12.2 Å². The van der Waals surface area contributed by atoms with Crippen LogP contribution in [0.1, 0.15) is 46.0 Å². The summed E-state index contributed by atoms with van der Waals surface area (Å²) in [5.41, 5.74) is 1.75. The smallest absolute Gasteiger partial charge is 0.0920 e. The molecule has 3 aliphatic rings. The van der Waals surface area contributed by atoms with E-state index in [2.05, 4.69) is 20.4 Å². The molecule has 2 aliphatic carbocycles. The Labute approximate surface area is 92.9 Å². The van der Waals surface area contributed by atoms with Gasteiger partial charge in [0.05, 0.1) is 11.7 Å². The zero-order chi connectivity index (χ0) is 10.6. The highest BCUT2D eigenvalue weighted by molar-refractivity contribution is 5.13. The molecule has 0 spiro atoms. The second-order valence-electron chi connectivity index (χ2n) is 6.14. The summed E-state index contributed by atoms with van der Waals surface area (Å²) in [6, 6.07) is 0. The quantitative estimate of drug-likeness (QED) is 0.436. The lowest BCUT2D eigenvalue weighted by Crippen LogP contribution is -2.36. The van der Waals surface area contributed by atoms with Crippen LogP contribution in [-0.2, 0) is 4.74 Å². The van der Waals surface area contributed by atoms with E-state index in [1.165, 1.54) is 37.7 Å². The van der Waals surface area contributed by atoms with E-state index in [0.29, 0.717) is 6.10 Å². The van der Waals surface area contributed by atoms with Crippen molar-refractivity contribution in [1.82, 2.24) is 0 Å². The van der Waals surface area contributed by atoms with Crippen LogP contribution in [0.3, 0.4) is 0 Å². The lowest BCUT2D eigenvalue weighted by atomic mass is 9.61. The molecular weight excluding hydrogens is 184 g/mol. The Morgan fingerprint density at radius 1 is 1.40 bits per heavy atom. The molecule has 0 aromatic carbocycles. The minimum atomic E-state index is 0.241. The Morgan fingerprint density at radius 3 is 2.93 bits per heavy atom. The molecule has 0 bridgehead atoms. The second kappa shape index (κ2) is 3.10. The van der Waals surface area contributed by atoms with Gasteiger partial charge < -0.3 is 4.74 Å². The topological polar surface area (TPSA) is 12.5 Å². The normalized spacial score (nSPS) is 54.1. The van der Waals surface area contributed by atoms with E-state index in [4.69, 9.17) is 4.74 Å². The first-order valence-corrected chi connectivity index (χ1v) is 6.45. The van der Waals surface area contributed by atoms with Gasteiger partial charge in [0.2, 0.25) is 0 Å². The maximum atomic E-state index is 5.83. The van der Waals surface area contributed by atoms with Crippen LogP contribution in [0.4, 0.5) is 0 Å². The van der Waals surface area contributed by atoms with Crippen LogP contribution in [0.5, 0.6) is 0 Å². The summed E-state index contributed by atoms with van der Waals surface area (Å²) in [4.78, 5) is 0. The van der Waals surface area contributed by atoms with Crippen LogP contribution in [0.25, 0.3) is 0 Å². The van der Waals surface area contributed by atoms with Crippen LogP contribution in [0.2, 0.25) is 0 Å². The number of allylic oxidation sites excluding steroid dienone is 1. The fraction of sp³-hybridized carbons (Fsp3) is 0.857. The molecule has 84 valence electrons. The summed E-state index contributed by atoms with van der Waals surface area (Å²) in [5, 5.41) is 0. The zero-order valence-corrected chi connectivity index (χ0v) is 9.96. The van der Waals surface area contributed by atoms with Crippen molar-refractivity contribution in [3.63, 3.8) is 0 Å². The third kappa shape index (κ3) is 1.47. The van der Waals surface area contributed by atoms with E-state index in [-0.39, 0.29) is 5.60 Å². The third-order valence-corrected chi connectivity index (χ3v) is 5.13. The predicted octanol–water partition coefficient (Wildman–Crippen LogP) is 3.55. The van der Waals surface area contributed by atoms with E-state index < -0.39 is 0 Å². The van der Waals surface area contributed by atoms with Crippen molar-refractivity contribution >= 4 is 0 Å². The van der Waals surface area contributed by atoms with Gasteiger partial charge in [0.1, 0.15) is 0 Å². The van der Waals surface area contributed by atoms with E-state index in [1.54, 1.807) is 0 Å². The second-order valence-corrected chi connectivity index (χ2v) is 6.14. The maximum Gasteiger partial charge on any atom is 0.0920 e. The van der Waals surface area contributed by atoms with Gasteiger partial charge in [-0.05, 0) is 56.8 Å². The average molecular weight is 206 g/mol. The molecule has 2 saturated carbocycles. The van der Waals surface area contributed by atoms with Crippen LogP contribution < -0.4 is 0 Å². The maximum absolute atomic E-state index is 5.83. The molecule has 0 amide bonds. The Kier molecular flexibility index (Phi) is 2.04. The van der Waals surface area contributed by atoms with Crippen molar-refractivity contribution in [2.75, 3.05) is 0 Å². The van der Waals surface area contributed by atoms with Crippen LogP contribution in [-0.4, -0.2) is 11.7 Å². The molecule has 0 unspecified atom stereocenters. The molecule has 5 atom stereocenters. The van der Waals surface area contributed by atoms with Crippen molar-refractivity contribution < 1.29 is 4.74 Å². The molecule has 1 nitrogen and oxygen atoms in total. The highest BCUT2D eigenvalue weighted by atomic mass is 16.6. The van der Waals surface area contributed by atoms with Gasteiger partial charge in [0.25, 0.3) is 0 Å². The first kappa shape index (κ1) is 9.89. The minimum Gasteiger partial charge on any atom is -0.366 e. The Bertz CT molecular complexity index is 296. The van der Waals surface area contributed by atoms with E-state index in [1.807, 2.05) is 0 Å². The van der Waals surface area contributed by atoms with Crippen molar-refractivity contribution in [3.8, 4) is 0 Å². The summed E-state index contributed by atoms with van der Waals surface area (Å²) in [7, 11) is 0. The zero-order valence-electron chi connectivity index (χ0n) is 9.96. The molecule has 0 radical (unpaired) electrons. The summed E-state index contributed by atoms with van der Waals surface area (Å²) in [6.45, 7) is 8.99. The molecular formula is C14H22O. The van der Waals surface area contributed by atoms with E-state index in [0.717, 1.165) is 17.8 Å². The van der Waals surface area contributed by atoms with Gasteiger partial charge in [-0.25, -0.2) is 0 Å². The van der Waals surface area contributed by atoms with Gasteiger partial charge in [-0.3, -0.25) is 0 Å². The molecule has 1 heterocycles. The van der Waals surface area contributed by atoms with Gasteiger partial charge in [0, 0.05) is 0 Å². The molecule has 0 aromatic rings. The fourth-order valence-electron chi connectivity index (χ4n) is 3.74. The highest BCUT2D eigenvalue weighted by Crippen LogP contribution is 2.53. The fourth-order valence-corrected chi connectivity index (χ4v) is 3.74. The summed E-state index contributed by atoms with van der Waals surface area (Å²) in [6.07, 6.45) is 6.99. The van der Waals surface area contributed by atoms with Crippen molar-refractivity contribution in [2.24, 2.45) is 17.8 Å². The molecule has 1 saturated heterocycles. The largest absolute Gasteiger partial charge is 0.366 e. The summed E-state index contributed by atoms with van der Waals surface area (Å²) in [5.74, 6) is 2.68. The van der Waals surface area contributed by atoms with Crippen molar-refractivity contribution in [1.29, 1.82) is 0 Å².